The van der Waals surface area contributed by atoms with Gasteiger partial charge in [0.15, 0.2) is 0 Å². The summed E-state index contributed by atoms with van der Waals surface area (Å²) in [6, 6.07) is 15.2. The number of amides is 2. The molecular formula is C22H25FN2O3. The van der Waals surface area contributed by atoms with E-state index in [0.717, 1.165) is 5.56 Å². The molecule has 0 bridgehead atoms. The lowest BCUT2D eigenvalue weighted by Gasteiger charge is -2.33. The Balaban J connectivity index is 1.43. The summed E-state index contributed by atoms with van der Waals surface area (Å²) in [4.78, 5) is 26.6. The number of carbonyl (C=O) groups is 2. The van der Waals surface area contributed by atoms with Gasteiger partial charge in [-0.25, -0.2) is 4.39 Å². The molecule has 0 aromatic heterocycles. The van der Waals surface area contributed by atoms with Gasteiger partial charge in [-0.05, 0) is 49.6 Å². The molecule has 1 aliphatic heterocycles. The molecule has 1 saturated heterocycles. The first kappa shape index (κ1) is 20.0. The first-order valence-corrected chi connectivity index (χ1v) is 9.53. The highest BCUT2D eigenvalue weighted by Gasteiger charge is 2.27. The van der Waals surface area contributed by atoms with Crippen molar-refractivity contribution in [3.8, 4) is 0 Å². The molecule has 28 heavy (non-hydrogen) atoms. The lowest BCUT2D eigenvalue weighted by atomic mass is 10.0. The Morgan fingerprint density at radius 3 is 2.39 bits per heavy atom. The van der Waals surface area contributed by atoms with Gasteiger partial charge in [0.1, 0.15) is 11.9 Å². The Labute approximate surface area is 164 Å². The normalized spacial score (nSPS) is 15.9. The minimum atomic E-state index is -0.509. The summed E-state index contributed by atoms with van der Waals surface area (Å²) in [5, 5.41) is 2.96. The highest BCUT2D eigenvalue weighted by Crippen LogP contribution is 2.14. The molecule has 5 nitrogen and oxygen atoms in total. The standard InChI is InChI=1S/C22H25FN2O3/c1-16(28-15-17-5-3-2-4-6-17)22(27)25-13-11-20(12-14-25)24-21(26)18-7-9-19(23)10-8-18/h2-10,16,20H,11-15H2,1H3,(H,24,26). The van der Waals surface area contributed by atoms with Crippen LogP contribution in [-0.4, -0.2) is 41.9 Å². The maximum Gasteiger partial charge on any atom is 0.251 e. The molecule has 0 radical (unpaired) electrons. The summed E-state index contributed by atoms with van der Waals surface area (Å²) in [5.41, 5.74) is 1.47. The average molecular weight is 384 g/mol. The van der Waals surface area contributed by atoms with Crippen molar-refractivity contribution in [2.45, 2.75) is 38.5 Å². The molecule has 1 heterocycles. The van der Waals surface area contributed by atoms with E-state index in [1.807, 2.05) is 30.3 Å². The van der Waals surface area contributed by atoms with Gasteiger partial charge in [0, 0.05) is 24.7 Å². The first-order chi connectivity index (χ1) is 13.5. The van der Waals surface area contributed by atoms with E-state index < -0.39 is 6.10 Å². The van der Waals surface area contributed by atoms with Crippen LogP contribution in [-0.2, 0) is 16.1 Å². The molecule has 2 aromatic rings. The lowest BCUT2D eigenvalue weighted by Crippen LogP contribution is -2.49. The van der Waals surface area contributed by atoms with Crippen molar-refractivity contribution in [2.75, 3.05) is 13.1 Å². The van der Waals surface area contributed by atoms with Gasteiger partial charge < -0.3 is 15.0 Å². The van der Waals surface area contributed by atoms with Gasteiger partial charge >= 0.3 is 0 Å². The van der Waals surface area contributed by atoms with Crippen LogP contribution in [0.3, 0.4) is 0 Å². The Morgan fingerprint density at radius 2 is 1.75 bits per heavy atom. The highest BCUT2D eigenvalue weighted by atomic mass is 19.1. The summed E-state index contributed by atoms with van der Waals surface area (Å²) in [7, 11) is 0. The zero-order valence-corrected chi connectivity index (χ0v) is 15.9. The fourth-order valence-electron chi connectivity index (χ4n) is 3.24. The summed E-state index contributed by atoms with van der Waals surface area (Å²) < 4.78 is 18.7. The molecule has 0 aliphatic carbocycles. The molecule has 2 aromatic carbocycles. The van der Waals surface area contributed by atoms with Crippen LogP contribution in [0, 0.1) is 5.82 Å². The van der Waals surface area contributed by atoms with Crippen molar-refractivity contribution >= 4 is 11.8 Å². The number of halogens is 1. The fraction of sp³-hybridized carbons (Fsp3) is 0.364. The van der Waals surface area contributed by atoms with Gasteiger partial charge in [0.05, 0.1) is 6.61 Å². The summed E-state index contributed by atoms with van der Waals surface area (Å²) in [6.07, 6.45) is 0.860. The Kier molecular flexibility index (Phi) is 6.76. The predicted molar refractivity (Wildman–Crippen MR) is 104 cm³/mol. The average Bonchev–Trinajstić information content (AvgIpc) is 2.73. The van der Waals surface area contributed by atoms with E-state index >= 15 is 0 Å². The van der Waals surface area contributed by atoms with Crippen molar-refractivity contribution in [3.63, 3.8) is 0 Å². The van der Waals surface area contributed by atoms with Crippen LogP contribution in [0.1, 0.15) is 35.7 Å². The monoisotopic (exact) mass is 384 g/mol. The molecule has 1 aliphatic rings. The molecule has 1 fully saturated rings. The summed E-state index contributed by atoms with van der Waals surface area (Å²) in [5.74, 6) is -0.615. The van der Waals surface area contributed by atoms with Crippen LogP contribution in [0.2, 0.25) is 0 Å². The van der Waals surface area contributed by atoms with E-state index in [2.05, 4.69) is 5.32 Å². The summed E-state index contributed by atoms with van der Waals surface area (Å²) in [6.45, 7) is 3.32. The van der Waals surface area contributed by atoms with Gasteiger partial charge in [-0.1, -0.05) is 30.3 Å². The number of likely N-dealkylation sites (tertiary alicyclic amines) is 1. The fourth-order valence-corrected chi connectivity index (χ4v) is 3.24. The number of hydrogen-bond acceptors (Lipinski definition) is 3. The van der Waals surface area contributed by atoms with Crippen LogP contribution in [0.25, 0.3) is 0 Å². The van der Waals surface area contributed by atoms with Crippen molar-refractivity contribution in [1.82, 2.24) is 10.2 Å². The number of hydrogen-bond donors (Lipinski definition) is 1. The summed E-state index contributed by atoms with van der Waals surface area (Å²) >= 11 is 0. The molecule has 6 heteroatoms. The van der Waals surface area contributed by atoms with E-state index in [9.17, 15) is 14.0 Å². The number of rotatable bonds is 6. The molecule has 3 rings (SSSR count). The smallest absolute Gasteiger partial charge is 0.251 e. The molecule has 1 atom stereocenters. The topological polar surface area (TPSA) is 58.6 Å². The van der Waals surface area contributed by atoms with E-state index in [4.69, 9.17) is 4.74 Å². The Hall–Kier alpha value is -2.73. The van der Waals surface area contributed by atoms with Crippen LogP contribution >= 0.6 is 0 Å². The Bertz CT molecular complexity index is 787. The molecule has 0 saturated carbocycles. The number of nitrogens with zero attached hydrogens (tertiary/aromatic N) is 1. The number of nitrogens with one attached hydrogen (secondary N) is 1. The van der Waals surface area contributed by atoms with Crippen LogP contribution in [0.15, 0.2) is 54.6 Å². The quantitative estimate of drug-likeness (QED) is 0.832. The zero-order chi connectivity index (χ0) is 19.9. The second-order valence-corrected chi connectivity index (χ2v) is 7.02. The second kappa shape index (κ2) is 9.46. The third-order valence-corrected chi connectivity index (χ3v) is 4.94. The van der Waals surface area contributed by atoms with Crippen molar-refractivity contribution in [3.05, 3.63) is 71.5 Å². The predicted octanol–water partition coefficient (Wildman–Crippen LogP) is 3.15. The molecule has 148 valence electrons. The first-order valence-electron chi connectivity index (χ1n) is 9.53. The van der Waals surface area contributed by atoms with E-state index in [0.29, 0.717) is 38.1 Å². The minimum absolute atomic E-state index is 0.00199. The van der Waals surface area contributed by atoms with Crippen LogP contribution in [0.4, 0.5) is 4.39 Å². The van der Waals surface area contributed by atoms with Crippen LogP contribution < -0.4 is 5.32 Å². The SMILES string of the molecule is CC(OCc1ccccc1)C(=O)N1CCC(NC(=O)c2ccc(F)cc2)CC1. The zero-order valence-electron chi connectivity index (χ0n) is 15.9. The van der Waals surface area contributed by atoms with Crippen molar-refractivity contribution < 1.29 is 18.7 Å². The van der Waals surface area contributed by atoms with Gasteiger partial charge in [0.25, 0.3) is 11.8 Å². The number of piperidine rings is 1. The molecule has 1 unspecified atom stereocenters. The Morgan fingerprint density at radius 1 is 1.11 bits per heavy atom. The van der Waals surface area contributed by atoms with Crippen molar-refractivity contribution in [2.24, 2.45) is 0 Å². The minimum Gasteiger partial charge on any atom is -0.364 e. The second-order valence-electron chi connectivity index (χ2n) is 7.02. The number of carbonyl (C=O) groups excluding carboxylic acids is 2. The van der Waals surface area contributed by atoms with E-state index in [1.165, 1.54) is 24.3 Å². The highest BCUT2D eigenvalue weighted by molar-refractivity contribution is 5.94. The molecular weight excluding hydrogens is 359 g/mol. The lowest BCUT2D eigenvalue weighted by molar-refractivity contribution is -0.144. The third kappa shape index (κ3) is 5.39. The third-order valence-electron chi connectivity index (χ3n) is 4.94. The largest absolute Gasteiger partial charge is 0.364 e. The van der Waals surface area contributed by atoms with Crippen molar-refractivity contribution in [1.29, 1.82) is 0 Å². The van der Waals surface area contributed by atoms with Gasteiger partial charge in [-0.15, -0.1) is 0 Å². The molecule has 0 spiro atoms. The van der Waals surface area contributed by atoms with Gasteiger partial charge in [-0.3, -0.25) is 9.59 Å². The maximum atomic E-state index is 13.0. The van der Waals surface area contributed by atoms with E-state index in [-0.39, 0.29) is 23.7 Å². The molecule has 1 N–H and O–H groups in total. The van der Waals surface area contributed by atoms with Gasteiger partial charge in [0.2, 0.25) is 0 Å². The van der Waals surface area contributed by atoms with Crippen LogP contribution in [0.5, 0.6) is 0 Å². The number of ether oxygens (including phenoxy) is 1. The van der Waals surface area contributed by atoms with E-state index in [1.54, 1.807) is 11.8 Å². The molecule has 2 amide bonds. The number of benzene rings is 2. The van der Waals surface area contributed by atoms with Gasteiger partial charge in [-0.2, -0.15) is 0 Å². The maximum absolute atomic E-state index is 13.0.